The number of rotatable bonds is 5. The summed E-state index contributed by atoms with van der Waals surface area (Å²) in [6, 6.07) is 5.79. The zero-order valence-corrected chi connectivity index (χ0v) is 11.3. The van der Waals surface area contributed by atoms with Crippen molar-refractivity contribution in [1.29, 1.82) is 0 Å². The summed E-state index contributed by atoms with van der Waals surface area (Å²) < 4.78 is 11.4. The Labute approximate surface area is 109 Å². The molecule has 1 aromatic carbocycles. The molecule has 0 bridgehead atoms. The minimum Gasteiger partial charge on any atom is -0.497 e. The molecule has 1 fully saturated rings. The number of halogens is 1. The van der Waals surface area contributed by atoms with E-state index in [1.807, 2.05) is 18.2 Å². The SMILES string of the molecule is COc1ccc(Br)c(CCOC(=O)C2CC2)c1. The van der Waals surface area contributed by atoms with Gasteiger partial charge in [0.1, 0.15) is 5.75 Å². The maximum Gasteiger partial charge on any atom is 0.308 e. The number of esters is 1. The van der Waals surface area contributed by atoms with Crippen molar-refractivity contribution >= 4 is 21.9 Å². The molecule has 1 aliphatic rings. The van der Waals surface area contributed by atoms with Gasteiger partial charge in [0.2, 0.25) is 0 Å². The Morgan fingerprint density at radius 3 is 2.88 bits per heavy atom. The second-order valence-electron chi connectivity index (χ2n) is 4.15. The van der Waals surface area contributed by atoms with E-state index in [2.05, 4.69) is 15.9 Å². The molecular formula is C13H15BrO3. The maximum absolute atomic E-state index is 11.3. The Bertz CT molecular complexity index is 413. The fourth-order valence-electron chi connectivity index (χ4n) is 1.57. The van der Waals surface area contributed by atoms with E-state index in [0.29, 0.717) is 13.0 Å². The summed E-state index contributed by atoms with van der Waals surface area (Å²) in [7, 11) is 1.64. The highest BCUT2D eigenvalue weighted by Gasteiger charge is 2.30. The molecule has 3 nitrogen and oxygen atoms in total. The molecule has 1 aliphatic carbocycles. The van der Waals surface area contributed by atoms with Crippen LogP contribution in [0.15, 0.2) is 22.7 Å². The summed E-state index contributed by atoms with van der Waals surface area (Å²) in [6.45, 7) is 0.432. The van der Waals surface area contributed by atoms with E-state index < -0.39 is 0 Å². The molecule has 0 heterocycles. The van der Waals surface area contributed by atoms with Crippen LogP contribution < -0.4 is 4.74 Å². The molecule has 0 saturated heterocycles. The highest BCUT2D eigenvalue weighted by molar-refractivity contribution is 9.10. The predicted octanol–water partition coefficient (Wildman–Crippen LogP) is 2.95. The minimum atomic E-state index is -0.0518. The Hall–Kier alpha value is -1.03. The molecule has 1 saturated carbocycles. The smallest absolute Gasteiger partial charge is 0.308 e. The first-order valence-corrected chi connectivity index (χ1v) is 6.49. The second-order valence-corrected chi connectivity index (χ2v) is 5.00. The van der Waals surface area contributed by atoms with Crippen LogP contribution in [0.1, 0.15) is 18.4 Å². The lowest BCUT2D eigenvalue weighted by atomic mass is 10.1. The van der Waals surface area contributed by atoms with Crippen LogP contribution in [0.5, 0.6) is 5.75 Å². The van der Waals surface area contributed by atoms with Crippen LogP contribution in [0.2, 0.25) is 0 Å². The van der Waals surface area contributed by atoms with Crippen molar-refractivity contribution in [2.75, 3.05) is 13.7 Å². The van der Waals surface area contributed by atoms with Gasteiger partial charge >= 0.3 is 5.97 Å². The lowest BCUT2D eigenvalue weighted by Gasteiger charge is -2.08. The first-order valence-electron chi connectivity index (χ1n) is 5.70. The first kappa shape index (κ1) is 12.4. The molecular weight excluding hydrogens is 284 g/mol. The topological polar surface area (TPSA) is 35.5 Å². The van der Waals surface area contributed by atoms with Gasteiger partial charge < -0.3 is 9.47 Å². The molecule has 0 aliphatic heterocycles. The lowest BCUT2D eigenvalue weighted by Crippen LogP contribution is -2.09. The average Bonchev–Trinajstić information content (AvgIpc) is 3.15. The summed E-state index contributed by atoms with van der Waals surface area (Å²) in [6.07, 6.45) is 2.68. The van der Waals surface area contributed by atoms with E-state index in [9.17, 15) is 4.79 Å². The molecule has 0 radical (unpaired) electrons. The summed E-state index contributed by atoms with van der Waals surface area (Å²) >= 11 is 3.47. The molecule has 0 unspecified atom stereocenters. The van der Waals surface area contributed by atoms with Gasteiger partial charge in [-0.25, -0.2) is 0 Å². The van der Waals surface area contributed by atoms with Gasteiger partial charge in [-0.15, -0.1) is 0 Å². The Balaban J connectivity index is 1.86. The lowest BCUT2D eigenvalue weighted by molar-refractivity contribution is -0.145. The maximum atomic E-state index is 11.3. The molecule has 4 heteroatoms. The van der Waals surface area contributed by atoms with Crippen LogP contribution in [-0.2, 0) is 16.0 Å². The second kappa shape index (κ2) is 5.54. The fourth-order valence-corrected chi connectivity index (χ4v) is 2.01. The van der Waals surface area contributed by atoms with Crippen LogP contribution in [-0.4, -0.2) is 19.7 Å². The summed E-state index contributed by atoms with van der Waals surface area (Å²) in [5.41, 5.74) is 1.09. The standard InChI is InChI=1S/C13H15BrO3/c1-16-11-4-5-12(14)10(8-11)6-7-17-13(15)9-2-3-9/h4-5,8-9H,2-3,6-7H2,1H3. The number of carbonyl (C=O) groups is 1. The minimum absolute atomic E-state index is 0.0518. The quantitative estimate of drug-likeness (QED) is 0.784. The van der Waals surface area contributed by atoms with E-state index in [1.165, 1.54) is 0 Å². The highest BCUT2D eigenvalue weighted by atomic mass is 79.9. The third-order valence-corrected chi connectivity index (χ3v) is 3.55. The van der Waals surface area contributed by atoms with E-state index in [-0.39, 0.29) is 11.9 Å². The van der Waals surface area contributed by atoms with Crippen molar-refractivity contribution in [1.82, 2.24) is 0 Å². The van der Waals surface area contributed by atoms with Crippen molar-refractivity contribution in [3.63, 3.8) is 0 Å². The Kier molecular flexibility index (Phi) is 4.05. The van der Waals surface area contributed by atoms with Gasteiger partial charge in [0.25, 0.3) is 0 Å². The Morgan fingerprint density at radius 2 is 2.24 bits per heavy atom. The number of benzene rings is 1. The van der Waals surface area contributed by atoms with Crippen molar-refractivity contribution in [2.45, 2.75) is 19.3 Å². The summed E-state index contributed by atoms with van der Waals surface area (Å²) in [5, 5.41) is 0. The summed E-state index contributed by atoms with van der Waals surface area (Å²) in [4.78, 5) is 11.3. The number of ether oxygens (including phenoxy) is 2. The molecule has 1 aromatic rings. The van der Waals surface area contributed by atoms with Crippen molar-refractivity contribution in [2.24, 2.45) is 5.92 Å². The number of carbonyl (C=O) groups excluding carboxylic acids is 1. The number of methoxy groups -OCH3 is 1. The monoisotopic (exact) mass is 298 g/mol. The normalized spacial score (nSPS) is 14.5. The van der Waals surface area contributed by atoms with E-state index >= 15 is 0 Å². The van der Waals surface area contributed by atoms with Gasteiger partial charge in [0, 0.05) is 10.9 Å². The highest BCUT2D eigenvalue weighted by Crippen LogP contribution is 2.30. The van der Waals surface area contributed by atoms with Gasteiger partial charge in [0.15, 0.2) is 0 Å². The average molecular weight is 299 g/mol. The van der Waals surface area contributed by atoms with Crippen molar-refractivity contribution in [3.8, 4) is 5.75 Å². The predicted molar refractivity (Wildman–Crippen MR) is 68.1 cm³/mol. The number of hydrogen-bond acceptors (Lipinski definition) is 3. The van der Waals surface area contributed by atoms with Crippen molar-refractivity contribution in [3.05, 3.63) is 28.2 Å². The largest absolute Gasteiger partial charge is 0.497 e. The zero-order valence-electron chi connectivity index (χ0n) is 9.74. The van der Waals surface area contributed by atoms with E-state index in [0.717, 1.165) is 28.6 Å². The zero-order chi connectivity index (χ0) is 12.3. The molecule has 17 heavy (non-hydrogen) atoms. The van der Waals surface area contributed by atoms with Crippen LogP contribution in [0.3, 0.4) is 0 Å². The van der Waals surface area contributed by atoms with Crippen LogP contribution in [0.4, 0.5) is 0 Å². The van der Waals surface area contributed by atoms with Gasteiger partial charge in [0.05, 0.1) is 19.6 Å². The van der Waals surface area contributed by atoms with E-state index in [1.54, 1.807) is 7.11 Å². The molecule has 0 spiro atoms. The van der Waals surface area contributed by atoms with Crippen LogP contribution in [0.25, 0.3) is 0 Å². The Morgan fingerprint density at radius 1 is 1.47 bits per heavy atom. The number of hydrogen-bond donors (Lipinski definition) is 0. The fraction of sp³-hybridized carbons (Fsp3) is 0.462. The molecule has 2 rings (SSSR count). The van der Waals surface area contributed by atoms with Crippen LogP contribution >= 0.6 is 15.9 Å². The third kappa shape index (κ3) is 3.46. The van der Waals surface area contributed by atoms with Gasteiger partial charge in [-0.05, 0) is 36.6 Å². The molecule has 0 N–H and O–H groups in total. The molecule has 0 atom stereocenters. The van der Waals surface area contributed by atoms with E-state index in [4.69, 9.17) is 9.47 Å². The van der Waals surface area contributed by atoms with Gasteiger partial charge in [-0.1, -0.05) is 15.9 Å². The molecule has 0 amide bonds. The van der Waals surface area contributed by atoms with Crippen LogP contribution in [0, 0.1) is 5.92 Å². The van der Waals surface area contributed by atoms with Gasteiger partial charge in [-0.3, -0.25) is 4.79 Å². The van der Waals surface area contributed by atoms with Crippen molar-refractivity contribution < 1.29 is 14.3 Å². The first-order chi connectivity index (χ1) is 8.20. The van der Waals surface area contributed by atoms with Gasteiger partial charge in [-0.2, -0.15) is 0 Å². The molecule has 0 aromatic heterocycles. The third-order valence-electron chi connectivity index (χ3n) is 2.78. The molecule has 92 valence electrons. The summed E-state index contributed by atoms with van der Waals surface area (Å²) in [5.74, 6) is 0.935.